The molecule has 1 unspecified atom stereocenters. The molecule has 0 bridgehead atoms. The minimum absolute atomic E-state index is 0.0631. The molecule has 0 radical (unpaired) electrons. The van der Waals surface area contributed by atoms with E-state index in [1.807, 2.05) is 16.8 Å². The molecule has 1 atom stereocenters. The number of likely N-dealkylation sites (tertiary alicyclic amines) is 1. The monoisotopic (exact) mass is 313 g/mol. The molecular weight excluding hydrogens is 290 g/mol. The topological polar surface area (TPSA) is 63.1 Å². The van der Waals surface area contributed by atoms with Gasteiger partial charge in [-0.25, -0.2) is 4.98 Å². The zero-order chi connectivity index (χ0) is 16.4. The lowest BCUT2D eigenvalue weighted by Gasteiger charge is -2.26. The standard InChI is InChI=1S/C17H23N5O/c1-4-21-10-15(17(2,3)11-21)20-16(23)14-9-13(5-6-19-14)22-8-7-18-12-22/h5-9,12,15H,4,10-11H2,1-3H3,(H,20,23). The second kappa shape index (κ2) is 6.12. The van der Waals surface area contributed by atoms with E-state index >= 15 is 0 Å². The van der Waals surface area contributed by atoms with Crippen molar-refractivity contribution in [2.45, 2.75) is 26.8 Å². The van der Waals surface area contributed by atoms with E-state index in [2.05, 4.69) is 41.0 Å². The number of amides is 1. The van der Waals surface area contributed by atoms with Crippen LogP contribution in [0.1, 0.15) is 31.3 Å². The first-order chi connectivity index (χ1) is 11.0. The molecule has 2 aromatic rings. The van der Waals surface area contributed by atoms with E-state index in [1.54, 1.807) is 24.8 Å². The van der Waals surface area contributed by atoms with Crippen molar-refractivity contribution < 1.29 is 4.79 Å². The van der Waals surface area contributed by atoms with Crippen molar-refractivity contribution in [3.8, 4) is 5.69 Å². The van der Waals surface area contributed by atoms with Gasteiger partial charge in [0.2, 0.25) is 0 Å². The summed E-state index contributed by atoms with van der Waals surface area (Å²) in [5, 5.41) is 3.15. The Hall–Kier alpha value is -2.21. The molecule has 0 aliphatic carbocycles. The van der Waals surface area contributed by atoms with Gasteiger partial charge in [0.25, 0.3) is 5.91 Å². The Bertz CT molecular complexity index is 680. The molecule has 23 heavy (non-hydrogen) atoms. The highest BCUT2D eigenvalue weighted by Crippen LogP contribution is 2.29. The fourth-order valence-corrected chi connectivity index (χ4v) is 3.09. The molecule has 6 nitrogen and oxygen atoms in total. The summed E-state index contributed by atoms with van der Waals surface area (Å²) >= 11 is 0. The van der Waals surface area contributed by atoms with Crippen LogP contribution in [0.2, 0.25) is 0 Å². The highest BCUT2D eigenvalue weighted by molar-refractivity contribution is 5.93. The molecule has 3 rings (SSSR count). The smallest absolute Gasteiger partial charge is 0.270 e. The van der Waals surface area contributed by atoms with Crippen LogP contribution in [0.4, 0.5) is 0 Å². The van der Waals surface area contributed by atoms with Crippen LogP contribution in [-0.2, 0) is 0 Å². The van der Waals surface area contributed by atoms with Crippen LogP contribution in [0.25, 0.3) is 5.69 Å². The van der Waals surface area contributed by atoms with Gasteiger partial charge in [-0.15, -0.1) is 0 Å². The van der Waals surface area contributed by atoms with Crippen molar-refractivity contribution in [3.63, 3.8) is 0 Å². The first-order valence-corrected chi connectivity index (χ1v) is 7.97. The van der Waals surface area contributed by atoms with Crippen LogP contribution in [0.5, 0.6) is 0 Å². The minimum Gasteiger partial charge on any atom is -0.346 e. The number of rotatable bonds is 4. The first-order valence-electron chi connectivity index (χ1n) is 7.97. The normalized spacial score (nSPS) is 20.6. The lowest BCUT2D eigenvalue weighted by Crippen LogP contribution is -2.44. The maximum atomic E-state index is 12.6. The Kier molecular flexibility index (Phi) is 4.17. The summed E-state index contributed by atoms with van der Waals surface area (Å²) in [5.41, 5.74) is 1.37. The zero-order valence-electron chi connectivity index (χ0n) is 13.9. The average molecular weight is 313 g/mol. The summed E-state index contributed by atoms with van der Waals surface area (Å²) in [7, 11) is 0. The van der Waals surface area contributed by atoms with Crippen LogP contribution >= 0.6 is 0 Å². The number of imidazole rings is 1. The third-order valence-corrected chi connectivity index (χ3v) is 4.55. The van der Waals surface area contributed by atoms with Gasteiger partial charge < -0.3 is 14.8 Å². The van der Waals surface area contributed by atoms with Gasteiger partial charge in [-0.05, 0) is 24.1 Å². The summed E-state index contributed by atoms with van der Waals surface area (Å²) in [6, 6.07) is 3.78. The molecule has 1 amide bonds. The van der Waals surface area contributed by atoms with Crippen LogP contribution in [0.3, 0.4) is 0 Å². The van der Waals surface area contributed by atoms with Crippen LogP contribution in [0.15, 0.2) is 37.1 Å². The second-order valence-electron chi connectivity index (χ2n) is 6.71. The van der Waals surface area contributed by atoms with E-state index in [0.29, 0.717) is 5.69 Å². The minimum atomic E-state index is -0.122. The summed E-state index contributed by atoms with van der Waals surface area (Å²) in [4.78, 5) is 23.2. The fourth-order valence-electron chi connectivity index (χ4n) is 3.09. The number of nitrogens with zero attached hydrogens (tertiary/aromatic N) is 4. The lowest BCUT2D eigenvalue weighted by atomic mass is 9.88. The van der Waals surface area contributed by atoms with Crippen molar-refractivity contribution in [1.82, 2.24) is 24.8 Å². The molecule has 2 aromatic heterocycles. The third kappa shape index (κ3) is 3.27. The van der Waals surface area contributed by atoms with E-state index in [4.69, 9.17) is 0 Å². The Labute approximate surface area is 136 Å². The number of nitrogens with one attached hydrogen (secondary N) is 1. The van der Waals surface area contributed by atoms with Crippen LogP contribution in [0, 0.1) is 5.41 Å². The van der Waals surface area contributed by atoms with Gasteiger partial charge in [0.15, 0.2) is 0 Å². The van der Waals surface area contributed by atoms with Gasteiger partial charge in [0, 0.05) is 37.7 Å². The first kappa shape index (κ1) is 15.7. The molecule has 1 saturated heterocycles. The van der Waals surface area contributed by atoms with E-state index in [-0.39, 0.29) is 17.4 Å². The molecule has 6 heteroatoms. The zero-order valence-corrected chi connectivity index (χ0v) is 13.9. The van der Waals surface area contributed by atoms with E-state index < -0.39 is 0 Å². The molecule has 1 fully saturated rings. The van der Waals surface area contributed by atoms with Crippen molar-refractivity contribution in [3.05, 3.63) is 42.7 Å². The average Bonchev–Trinajstić information content (AvgIpc) is 3.16. The van der Waals surface area contributed by atoms with Crippen molar-refractivity contribution >= 4 is 5.91 Å². The summed E-state index contributed by atoms with van der Waals surface area (Å²) in [5.74, 6) is -0.122. The van der Waals surface area contributed by atoms with E-state index in [0.717, 1.165) is 25.3 Å². The van der Waals surface area contributed by atoms with E-state index in [9.17, 15) is 4.79 Å². The Balaban J connectivity index is 1.75. The number of likely N-dealkylation sites (N-methyl/N-ethyl adjacent to an activating group) is 1. The second-order valence-corrected chi connectivity index (χ2v) is 6.71. The number of carbonyl (C=O) groups is 1. The van der Waals surface area contributed by atoms with Gasteiger partial charge >= 0.3 is 0 Å². The van der Waals surface area contributed by atoms with Crippen molar-refractivity contribution in [1.29, 1.82) is 0 Å². The van der Waals surface area contributed by atoms with Gasteiger partial charge in [0.05, 0.1) is 12.0 Å². The maximum Gasteiger partial charge on any atom is 0.270 e. The predicted octanol–water partition coefficient (Wildman–Crippen LogP) is 1.73. The Morgan fingerprint density at radius 2 is 2.26 bits per heavy atom. The Morgan fingerprint density at radius 3 is 2.91 bits per heavy atom. The summed E-state index contributed by atoms with van der Waals surface area (Å²) in [6.45, 7) is 9.43. The highest BCUT2D eigenvalue weighted by Gasteiger charge is 2.39. The van der Waals surface area contributed by atoms with Crippen LogP contribution in [-0.4, -0.2) is 51.0 Å². The van der Waals surface area contributed by atoms with Crippen LogP contribution < -0.4 is 5.32 Å². The molecular formula is C17H23N5O. The lowest BCUT2D eigenvalue weighted by molar-refractivity contribution is 0.0911. The number of pyridine rings is 1. The van der Waals surface area contributed by atoms with Gasteiger partial charge in [0.1, 0.15) is 5.69 Å². The molecule has 0 saturated carbocycles. The maximum absolute atomic E-state index is 12.6. The predicted molar refractivity (Wildman–Crippen MR) is 88.5 cm³/mol. The van der Waals surface area contributed by atoms with E-state index in [1.165, 1.54) is 0 Å². The number of carbonyl (C=O) groups excluding carboxylic acids is 1. The fraction of sp³-hybridized carbons (Fsp3) is 0.471. The molecule has 122 valence electrons. The van der Waals surface area contributed by atoms with Gasteiger partial charge in [-0.2, -0.15) is 0 Å². The SMILES string of the molecule is CCN1CC(NC(=O)c2cc(-n3ccnc3)ccn2)C(C)(C)C1. The molecule has 0 aromatic carbocycles. The molecule has 1 aliphatic heterocycles. The highest BCUT2D eigenvalue weighted by atomic mass is 16.2. The largest absolute Gasteiger partial charge is 0.346 e. The van der Waals surface area contributed by atoms with Crippen molar-refractivity contribution in [2.75, 3.05) is 19.6 Å². The third-order valence-electron chi connectivity index (χ3n) is 4.55. The quantitative estimate of drug-likeness (QED) is 0.934. The number of hydrogen-bond acceptors (Lipinski definition) is 4. The summed E-state index contributed by atoms with van der Waals surface area (Å²) < 4.78 is 1.86. The Morgan fingerprint density at radius 1 is 1.43 bits per heavy atom. The number of hydrogen-bond donors (Lipinski definition) is 1. The van der Waals surface area contributed by atoms with Gasteiger partial charge in [-0.3, -0.25) is 9.78 Å². The summed E-state index contributed by atoms with van der Waals surface area (Å²) in [6.07, 6.45) is 6.91. The molecule has 1 N–H and O–H groups in total. The van der Waals surface area contributed by atoms with Crippen molar-refractivity contribution in [2.24, 2.45) is 5.41 Å². The number of aromatic nitrogens is 3. The van der Waals surface area contributed by atoms with Gasteiger partial charge in [-0.1, -0.05) is 20.8 Å². The molecule has 0 spiro atoms. The molecule has 3 heterocycles. The molecule has 1 aliphatic rings.